The zero-order valence-corrected chi connectivity index (χ0v) is 21.2. The third-order valence-electron chi connectivity index (χ3n) is 5.40. The number of benzene rings is 2. The third kappa shape index (κ3) is 7.81. The molecule has 0 saturated carbocycles. The van der Waals surface area contributed by atoms with Gasteiger partial charge in [-0.25, -0.2) is 13.1 Å². The lowest BCUT2D eigenvalue weighted by molar-refractivity contribution is 0.102. The number of hydrogen-bond donors (Lipinski definition) is 2. The van der Waals surface area contributed by atoms with Gasteiger partial charge in [-0.3, -0.25) is 4.79 Å². The fourth-order valence-electron chi connectivity index (χ4n) is 3.48. The van der Waals surface area contributed by atoms with Crippen LogP contribution in [0.1, 0.15) is 55.8 Å². The van der Waals surface area contributed by atoms with Crippen LogP contribution in [-0.2, 0) is 14.8 Å². The molecule has 0 bridgehead atoms. The lowest BCUT2D eigenvalue weighted by Crippen LogP contribution is -2.31. The summed E-state index contributed by atoms with van der Waals surface area (Å²) in [5, 5.41) is 2.79. The van der Waals surface area contributed by atoms with Gasteiger partial charge in [0.05, 0.1) is 22.1 Å². The second-order valence-electron chi connectivity index (χ2n) is 8.02. The van der Waals surface area contributed by atoms with Crippen molar-refractivity contribution in [1.82, 2.24) is 4.72 Å². The first-order valence-corrected chi connectivity index (χ1v) is 13.6. The summed E-state index contributed by atoms with van der Waals surface area (Å²) in [7, 11) is -3.63. The summed E-state index contributed by atoms with van der Waals surface area (Å²) in [4.78, 5) is 12.8. The number of ether oxygens (including phenoxy) is 2. The Kier molecular flexibility index (Phi) is 9.73. The van der Waals surface area contributed by atoms with E-state index in [1.807, 2.05) is 0 Å². The van der Waals surface area contributed by atoms with Crippen LogP contribution in [0.4, 0.5) is 5.69 Å². The van der Waals surface area contributed by atoms with Crippen molar-refractivity contribution in [3.63, 3.8) is 0 Å². The molecule has 2 aromatic rings. The van der Waals surface area contributed by atoms with E-state index < -0.39 is 10.0 Å². The number of hydrogen-bond acceptors (Lipinski definition) is 5. The molecule has 0 aromatic heterocycles. The first-order valence-electron chi connectivity index (χ1n) is 11.3. The van der Waals surface area contributed by atoms with Gasteiger partial charge in [0.2, 0.25) is 10.0 Å². The highest BCUT2D eigenvalue weighted by atomic mass is 79.9. The Labute approximate surface area is 204 Å². The largest absolute Gasteiger partial charge is 0.492 e. The zero-order chi connectivity index (χ0) is 23.7. The van der Waals surface area contributed by atoms with Crippen molar-refractivity contribution in [2.24, 2.45) is 0 Å². The molecule has 9 heteroatoms. The van der Waals surface area contributed by atoms with E-state index >= 15 is 0 Å². The Morgan fingerprint density at radius 2 is 1.94 bits per heavy atom. The minimum Gasteiger partial charge on any atom is -0.492 e. The Bertz CT molecular complexity index is 1020. The van der Waals surface area contributed by atoms with Gasteiger partial charge in [0.25, 0.3) is 5.91 Å². The Balaban J connectivity index is 1.53. The summed E-state index contributed by atoms with van der Waals surface area (Å²) in [6.45, 7) is 3.74. The average molecular weight is 539 g/mol. The second-order valence-corrected chi connectivity index (χ2v) is 10.6. The van der Waals surface area contributed by atoms with Crippen LogP contribution in [-0.4, -0.2) is 40.2 Å². The molecular weight excluding hydrogens is 508 g/mol. The number of rotatable bonds is 12. The van der Waals surface area contributed by atoms with Crippen molar-refractivity contribution in [3.8, 4) is 5.75 Å². The SMILES string of the molecule is CCCCCCOc1ccc(C(=O)Nc2ccc(S(=O)(=O)NCC3CCCO3)cc2)cc1Br. The fourth-order valence-corrected chi connectivity index (χ4v) is 5.04. The predicted molar refractivity (Wildman–Crippen MR) is 132 cm³/mol. The maximum Gasteiger partial charge on any atom is 0.255 e. The molecule has 0 spiro atoms. The van der Waals surface area contributed by atoms with Crippen LogP contribution in [0.5, 0.6) is 5.75 Å². The van der Waals surface area contributed by atoms with Gasteiger partial charge < -0.3 is 14.8 Å². The molecule has 1 saturated heterocycles. The van der Waals surface area contributed by atoms with E-state index in [-0.39, 0.29) is 23.5 Å². The molecule has 1 fully saturated rings. The first kappa shape index (κ1) is 25.7. The third-order valence-corrected chi connectivity index (χ3v) is 7.46. The van der Waals surface area contributed by atoms with Crippen molar-refractivity contribution in [2.75, 3.05) is 25.1 Å². The smallest absolute Gasteiger partial charge is 0.255 e. The van der Waals surface area contributed by atoms with Gasteiger partial charge in [0.1, 0.15) is 5.75 Å². The molecule has 3 rings (SSSR count). The van der Waals surface area contributed by atoms with Gasteiger partial charge in [0, 0.05) is 24.4 Å². The lowest BCUT2D eigenvalue weighted by Gasteiger charge is -2.12. The van der Waals surface area contributed by atoms with Crippen LogP contribution < -0.4 is 14.8 Å². The van der Waals surface area contributed by atoms with E-state index in [4.69, 9.17) is 9.47 Å². The van der Waals surface area contributed by atoms with Gasteiger partial charge >= 0.3 is 0 Å². The number of anilines is 1. The molecule has 0 aliphatic carbocycles. The molecule has 1 heterocycles. The highest BCUT2D eigenvalue weighted by molar-refractivity contribution is 9.10. The van der Waals surface area contributed by atoms with E-state index in [0.29, 0.717) is 34.7 Å². The number of carbonyl (C=O) groups is 1. The molecule has 1 aliphatic rings. The molecule has 1 aliphatic heterocycles. The van der Waals surface area contributed by atoms with Crippen LogP contribution in [0.25, 0.3) is 0 Å². The number of nitrogens with one attached hydrogen (secondary N) is 2. The quantitative estimate of drug-likeness (QED) is 0.366. The highest BCUT2D eigenvalue weighted by Gasteiger charge is 2.20. The van der Waals surface area contributed by atoms with Gasteiger partial charge in [-0.1, -0.05) is 26.2 Å². The van der Waals surface area contributed by atoms with Crippen molar-refractivity contribution < 1.29 is 22.7 Å². The van der Waals surface area contributed by atoms with Crippen molar-refractivity contribution in [1.29, 1.82) is 0 Å². The van der Waals surface area contributed by atoms with E-state index in [9.17, 15) is 13.2 Å². The maximum absolute atomic E-state index is 12.6. The second kappa shape index (κ2) is 12.5. The van der Waals surface area contributed by atoms with Gasteiger partial charge in [0.15, 0.2) is 0 Å². The molecule has 1 unspecified atom stereocenters. The summed E-state index contributed by atoms with van der Waals surface area (Å²) in [5.74, 6) is 0.408. The molecule has 180 valence electrons. The molecular formula is C24H31BrN2O5S. The monoisotopic (exact) mass is 538 g/mol. The van der Waals surface area contributed by atoms with E-state index in [0.717, 1.165) is 25.7 Å². The summed E-state index contributed by atoms with van der Waals surface area (Å²) in [6, 6.07) is 11.3. The van der Waals surface area contributed by atoms with Crippen LogP contribution in [0.15, 0.2) is 51.8 Å². The van der Waals surface area contributed by atoms with E-state index in [1.54, 1.807) is 30.3 Å². The standard InChI is InChI=1S/C24H31BrN2O5S/c1-2-3-4-5-14-32-23-13-8-18(16-22(23)25)24(28)27-19-9-11-21(12-10-19)33(29,30)26-17-20-7-6-15-31-20/h8-13,16,20,26H,2-7,14-15,17H2,1H3,(H,27,28). The van der Waals surface area contributed by atoms with Crippen molar-refractivity contribution >= 4 is 37.5 Å². The number of halogens is 1. The maximum atomic E-state index is 12.6. The van der Waals surface area contributed by atoms with Crippen LogP contribution in [0, 0.1) is 0 Å². The van der Waals surface area contributed by atoms with Crippen molar-refractivity contribution in [2.45, 2.75) is 56.4 Å². The van der Waals surface area contributed by atoms with Crippen LogP contribution in [0.3, 0.4) is 0 Å². The molecule has 1 atom stereocenters. The number of amides is 1. The number of sulfonamides is 1. The molecule has 33 heavy (non-hydrogen) atoms. The Morgan fingerprint density at radius 1 is 1.15 bits per heavy atom. The summed E-state index contributed by atoms with van der Waals surface area (Å²) in [6.07, 6.45) is 6.25. The number of carbonyl (C=O) groups excluding carboxylic acids is 1. The summed E-state index contributed by atoms with van der Waals surface area (Å²) >= 11 is 3.47. The molecule has 0 radical (unpaired) electrons. The minimum atomic E-state index is -3.63. The van der Waals surface area contributed by atoms with E-state index in [2.05, 4.69) is 32.9 Å². The summed E-state index contributed by atoms with van der Waals surface area (Å²) in [5.41, 5.74) is 0.973. The molecule has 1 amide bonds. The topological polar surface area (TPSA) is 93.7 Å². The van der Waals surface area contributed by atoms with Gasteiger partial charge in [-0.15, -0.1) is 0 Å². The lowest BCUT2D eigenvalue weighted by atomic mass is 10.2. The molecule has 7 nitrogen and oxygen atoms in total. The van der Waals surface area contributed by atoms with E-state index in [1.165, 1.54) is 25.0 Å². The fraction of sp³-hybridized carbons (Fsp3) is 0.458. The van der Waals surface area contributed by atoms with Crippen molar-refractivity contribution in [3.05, 3.63) is 52.5 Å². The minimum absolute atomic E-state index is 0.0736. The Morgan fingerprint density at radius 3 is 2.61 bits per heavy atom. The first-order chi connectivity index (χ1) is 15.9. The average Bonchev–Trinajstić information content (AvgIpc) is 3.33. The predicted octanol–water partition coefficient (Wildman–Crippen LogP) is 5.12. The summed E-state index contributed by atoms with van der Waals surface area (Å²) < 4.78 is 39.5. The van der Waals surface area contributed by atoms with Crippen LogP contribution >= 0.6 is 15.9 Å². The molecule has 2 aromatic carbocycles. The molecule has 2 N–H and O–H groups in total. The highest BCUT2D eigenvalue weighted by Crippen LogP contribution is 2.27. The number of unbranched alkanes of at least 4 members (excludes halogenated alkanes) is 3. The normalized spacial score (nSPS) is 16.0. The van der Waals surface area contributed by atoms with Gasteiger partial charge in [-0.2, -0.15) is 0 Å². The Hall–Kier alpha value is -1.94. The zero-order valence-electron chi connectivity index (χ0n) is 18.8. The van der Waals surface area contributed by atoms with Gasteiger partial charge in [-0.05, 0) is 77.7 Å². The van der Waals surface area contributed by atoms with Crippen LogP contribution in [0.2, 0.25) is 0 Å².